The van der Waals surface area contributed by atoms with Gasteiger partial charge in [0.2, 0.25) is 0 Å². The molecule has 0 saturated carbocycles. The first-order chi connectivity index (χ1) is 4.80. The van der Waals surface area contributed by atoms with Gasteiger partial charge in [0, 0.05) is 11.6 Å². The molecule has 0 atom stereocenters. The second kappa shape index (κ2) is 5.42. The van der Waals surface area contributed by atoms with Crippen molar-refractivity contribution < 1.29 is 0 Å². The van der Waals surface area contributed by atoms with Gasteiger partial charge in [-0.1, -0.05) is 27.7 Å². The summed E-state index contributed by atoms with van der Waals surface area (Å²) >= 11 is 1.52. The van der Waals surface area contributed by atoms with Crippen LogP contribution < -0.4 is 0 Å². The lowest BCUT2D eigenvalue weighted by Crippen LogP contribution is -1.79. The Morgan fingerprint density at radius 3 is 2.20 bits per heavy atom. The summed E-state index contributed by atoms with van der Waals surface area (Å²) in [6.45, 7) is 8.34. The molecule has 0 saturated heterocycles. The van der Waals surface area contributed by atoms with Crippen molar-refractivity contribution in [1.82, 2.24) is 4.37 Å². The Hall–Kier alpha value is -0.370. The Morgan fingerprint density at radius 1 is 1.40 bits per heavy atom. The number of hydrogen-bond donors (Lipinski definition) is 0. The fourth-order valence-electron chi connectivity index (χ4n) is 0.498. The van der Waals surface area contributed by atoms with Crippen molar-refractivity contribution in [2.75, 3.05) is 0 Å². The molecule has 0 radical (unpaired) electrons. The highest BCUT2D eigenvalue weighted by Crippen LogP contribution is 2.13. The average molecular weight is 157 g/mol. The molecule has 0 aromatic carbocycles. The zero-order chi connectivity index (χ0) is 7.98. The van der Waals surface area contributed by atoms with E-state index in [4.69, 9.17) is 0 Å². The van der Waals surface area contributed by atoms with Gasteiger partial charge in [-0.2, -0.15) is 0 Å². The summed E-state index contributed by atoms with van der Waals surface area (Å²) in [4.78, 5) is 0. The fraction of sp³-hybridized carbons (Fsp3) is 0.625. The molecule has 0 spiro atoms. The van der Waals surface area contributed by atoms with Crippen LogP contribution in [0.1, 0.15) is 39.2 Å². The molecule has 0 aliphatic rings. The molecule has 0 aliphatic carbocycles. The minimum atomic E-state index is 0.633. The van der Waals surface area contributed by atoms with E-state index in [-0.39, 0.29) is 0 Å². The van der Waals surface area contributed by atoms with Crippen LogP contribution in [0.4, 0.5) is 0 Å². The van der Waals surface area contributed by atoms with Gasteiger partial charge in [-0.05, 0) is 23.0 Å². The van der Waals surface area contributed by atoms with Gasteiger partial charge in [-0.25, -0.2) is 4.37 Å². The first-order valence-corrected chi connectivity index (χ1v) is 4.53. The SMILES string of the molecule is CC.CC(C)c1cnsc1. The number of rotatable bonds is 1. The second-order valence-corrected chi connectivity index (χ2v) is 2.77. The van der Waals surface area contributed by atoms with Crippen LogP contribution >= 0.6 is 11.5 Å². The minimum absolute atomic E-state index is 0.633. The van der Waals surface area contributed by atoms with Crippen LogP contribution in [0, 0.1) is 0 Å². The molecule has 1 aromatic rings. The first kappa shape index (κ1) is 9.63. The Bertz CT molecular complexity index is 144. The maximum Gasteiger partial charge on any atom is 0.0441 e. The number of aromatic nitrogens is 1. The maximum atomic E-state index is 3.99. The van der Waals surface area contributed by atoms with Crippen molar-refractivity contribution in [3.63, 3.8) is 0 Å². The minimum Gasteiger partial charge on any atom is -0.201 e. The van der Waals surface area contributed by atoms with Gasteiger partial charge >= 0.3 is 0 Å². The molecule has 10 heavy (non-hydrogen) atoms. The number of nitrogens with zero attached hydrogens (tertiary/aromatic N) is 1. The van der Waals surface area contributed by atoms with E-state index in [1.165, 1.54) is 17.1 Å². The van der Waals surface area contributed by atoms with E-state index in [1.807, 2.05) is 20.0 Å². The summed E-state index contributed by atoms with van der Waals surface area (Å²) in [5.74, 6) is 0.633. The highest BCUT2D eigenvalue weighted by atomic mass is 32.1. The molecule has 1 aromatic heterocycles. The quantitative estimate of drug-likeness (QED) is 0.609. The average Bonchev–Trinajstić information content (AvgIpc) is 2.42. The van der Waals surface area contributed by atoms with Crippen LogP contribution in [0.5, 0.6) is 0 Å². The first-order valence-electron chi connectivity index (χ1n) is 3.70. The van der Waals surface area contributed by atoms with E-state index >= 15 is 0 Å². The molecule has 1 heterocycles. The summed E-state index contributed by atoms with van der Waals surface area (Å²) < 4.78 is 3.99. The van der Waals surface area contributed by atoms with Crippen molar-refractivity contribution in [3.8, 4) is 0 Å². The molecular formula is C8H15NS. The lowest BCUT2D eigenvalue weighted by molar-refractivity contribution is 0.869. The van der Waals surface area contributed by atoms with E-state index in [0.29, 0.717) is 5.92 Å². The van der Waals surface area contributed by atoms with Gasteiger partial charge in [0.05, 0.1) is 0 Å². The summed E-state index contributed by atoms with van der Waals surface area (Å²) in [6.07, 6.45) is 1.93. The molecular weight excluding hydrogens is 142 g/mol. The van der Waals surface area contributed by atoms with Gasteiger partial charge in [0.25, 0.3) is 0 Å². The molecule has 0 amide bonds. The lowest BCUT2D eigenvalue weighted by Gasteiger charge is -1.94. The predicted octanol–water partition coefficient (Wildman–Crippen LogP) is 3.29. The fourth-order valence-corrected chi connectivity index (χ4v) is 1.20. The zero-order valence-corrected chi connectivity index (χ0v) is 7.90. The van der Waals surface area contributed by atoms with E-state index in [0.717, 1.165) is 0 Å². The van der Waals surface area contributed by atoms with Gasteiger partial charge in [0.15, 0.2) is 0 Å². The second-order valence-electron chi connectivity index (χ2n) is 2.11. The third kappa shape index (κ3) is 2.97. The van der Waals surface area contributed by atoms with Crippen LogP contribution in [0.2, 0.25) is 0 Å². The third-order valence-corrected chi connectivity index (χ3v) is 1.72. The van der Waals surface area contributed by atoms with Gasteiger partial charge < -0.3 is 0 Å². The van der Waals surface area contributed by atoms with Crippen LogP contribution in [-0.2, 0) is 0 Å². The molecule has 2 heteroatoms. The molecule has 1 nitrogen and oxygen atoms in total. The summed E-state index contributed by atoms with van der Waals surface area (Å²) in [6, 6.07) is 0. The van der Waals surface area contributed by atoms with Crippen LogP contribution in [0.15, 0.2) is 11.6 Å². The standard InChI is InChI=1S/C6H9NS.C2H6/c1-5(2)6-3-7-8-4-6;1-2/h3-5H,1-2H3;1-2H3. The normalized spacial score (nSPS) is 8.90. The van der Waals surface area contributed by atoms with Gasteiger partial charge in [-0.15, -0.1) is 0 Å². The number of hydrogen-bond acceptors (Lipinski definition) is 2. The Labute approximate surface area is 67.3 Å². The molecule has 0 bridgehead atoms. The van der Waals surface area contributed by atoms with E-state index < -0.39 is 0 Å². The van der Waals surface area contributed by atoms with Crippen LogP contribution in [0.25, 0.3) is 0 Å². The van der Waals surface area contributed by atoms with E-state index in [2.05, 4.69) is 23.6 Å². The molecule has 0 aliphatic heterocycles. The smallest absolute Gasteiger partial charge is 0.0441 e. The van der Waals surface area contributed by atoms with Crippen molar-refractivity contribution >= 4 is 11.5 Å². The monoisotopic (exact) mass is 157 g/mol. The van der Waals surface area contributed by atoms with Gasteiger partial charge in [0.1, 0.15) is 0 Å². The zero-order valence-electron chi connectivity index (χ0n) is 7.09. The van der Waals surface area contributed by atoms with Gasteiger partial charge in [-0.3, -0.25) is 0 Å². The van der Waals surface area contributed by atoms with Crippen molar-refractivity contribution in [3.05, 3.63) is 17.1 Å². The summed E-state index contributed by atoms with van der Waals surface area (Å²) in [5, 5.41) is 2.09. The lowest BCUT2D eigenvalue weighted by atomic mass is 10.1. The highest BCUT2D eigenvalue weighted by molar-refractivity contribution is 7.03. The summed E-state index contributed by atoms with van der Waals surface area (Å²) in [5.41, 5.74) is 1.34. The predicted molar refractivity (Wildman–Crippen MR) is 47.6 cm³/mol. The molecule has 0 N–H and O–H groups in total. The maximum absolute atomic E-state index is 3.99. The Kier molecular flexibility index (Phi) is 5.22. The van der Waals surface area contributed by atoms with Crippen LogP contribution in [0.3, 0.4) is 0 Å². The van der Waals surface area contributed by atoms with Crippen molar-refractivity contribution in [2.45, 2.75) is 33.6 Å². The molecule has 0 unspecified atom stereocenters. The largest absolute Gasteiger partial charge is 0.201 e. The molecule has 58 valence electrons. The summed E-state index contributed by atoms with van der Waals surface area (Å²) in [7, 11) is 0. The molecule has 0 fully saturated rings. The Balaban J connectivity index is 0.000000371. The third-order valence-electron chi connectivity index (χ3n) is 1.12. The van der Waals surface area contributed by atoms with E-state index in [1.54, 1.807) is 0 Å². The highest BCUT2D eigenvalue weighted by Gasteiger charge is 1.96. The topological polar surface area (TPSA) is 12.9 Å². The Morgan fingerprint density at radius 2 is 2.00 bits per heavy atom. The van der Waals surface area contributed by atoms with E-state index in [9.17, 15) is 0 Å². The van der Waals surface area contributed by atoms with Crippen LogP contribution in [-0.4, -0.2) is 4.37 Å². The molecule has 1 rings (SSSR count). The van der Waals surface area contributed by atoms with Crippen molar-refractivity contribution in [1.29, 1.82) is 0 Å². The van der Waals surface area contributed by atoms with Crippen molar-refractivity contribution in [2.24, 2.45) is 0 Å².